The van der Waals surface area contributed by atoms with Crippen LogP contribution in [0.25, 0.3) is 0 Å². The first kappa shape index (κ1) is 21.5. The highest BCUT2D eigenvalue weighted by Crippen LogP contribution is 2.49. The van der Waals surface area contributed by atoms with Crippen LogP contribution in [0.5, 0.6) is 0 Å². The summed E-state index contributed by atoms with van der Waals surface area (Å²) in [4.78, 5) is 0. The van der Waals surface area contributed by atoms with Gasteiger partial charge < -0.3 is 0 Å². The molecule has 2 saturated carbocycles. The summed E-state index contributed by atoms with van der Waals surface area (Å²) in [5.41, 5.74) is 1.20. The lowest BCUT2D eigenvalue weighted by atomic mass is 9.67. The Morgan fingerprint density at radius 2 is 1.68 bits per heavy atom. The van der Waals surface area contributed by atoms with Gasteiger partial charge in [0.25, 0.3) is 5.92 Å². The highest BCUT2D eigenvalue weighted by atomic mass is 19.3. The van der Waals surface area contributed by atoms with Gasteiger partial charge in [-0.15, -0.1) is 0 Å². The van der Waals surface area contributed by atoms with Gasteiger partial charge in [0.05, 0.1) is 0 Å². The highest BCUT2D eigenvalue weighted by molar-refractivity contribution is 5.15. The van der Waals surface area contributed by atoms with Gasteiger partial charge in [0.15, 0.2) is 0 Å². The molecule has 0 amide bonds. The van der Waals surface area contributed by atoms with Crippen molar-refractivity contribution in [2.75, 3.05) is 0 Å². The van der Waals surface area contributed by atoms with Gasteiger partial charge >= 0.3 is 0 Å². The third kappa shape index (κ3) is 5.87. The van der Waals surface area contributed by atoms with Crippen LogP contribution in [0.4, 0.5) is 13.2 Å². The van der Waals surface area contributed by atoms with E-state index in [1.807, 2.05) is 31.2 Å². The van der Waals surface area contributed by atoms with Crippen LogP contribution in [-0.2, 0) is 6.42 Å². The first-order chi connectivity index (χ1) is 13.5. The summed E-state index contributed by atoms with van der Waals surface area (Å²) >= 11 is 0. The molecule has 0 radical (unpaired) electrons. The summed E-state index contributed by atoms with van der Waals surface area (Å²) in [7, 11) is 0. The molecule has 0 spiro atoms. The molecule has 0 bridgehead atoms. The minimum atomic E-state index is -2.49. The summed E-state index contributed by atoms with van der Waals surface area (Å²) in [6.45, 7) is 1.92. The summed E-state index contributed by atoms with van der Waals surface area (Å²) in [6, 6.07) is 6.79. The molecule has 2 aliphatic carbocycles. The molecule has 0 heterocycles. The first-order valence-electron chi connectivity index (χ1n) is 11.2. The Morgan fingerprint density at radius 3 is 2.32 bits per heavy atom. The van der Waals surface area contributed by atoms with E-state index in [1.165, 1.54) is 30.5 Å². The molecule has 1 aromatic rings. The smallest absolute Gasteiger partial charge is 0.207 e. The highest BCUT2D eigenvalue weighted by Gasteiger charge is 2.48. The minimum absolute atomic E-state index is 0.0469. The van der Waals surface area contributed by atoms with Gasteiger partial charge in [0, 0.05) is 12.3 Å². The largest absolute Gasteiger partial charge is 0.251 e. The quantitative estimate of drug-likeness (QED) is 0.326. The molecule has 0 nitrogen and oxygen atoms in total. The second-order valence-corrected chi connectivity index (χ2v) is 9.09. The summed E-state index contributed by atoms with van der Waals surface area (Å²) in [5, 5.41) is 0. The van der Waals surface area contributed by atoms with E-state index in [-0.39, 0.29) is 24.1 Å². The molecule has 3 rings (SSSR count). The Balaban J connectivity index is 1.37. The summed E-state index contributed by atoms with van der Waals surface area (Å²) in [6.07, 6.45) is 14.3. The van der Waals surface area contributed by atoms with Crippen molar-refractivity contribution in [3.05, 3.63) is 47.8 Å². The van der Waals surface area contributed by atoms with Crippen LogP contribution < -0.4 is 0 Å². The van der Waals surface area contributed by atoms with E-state index in [0.29, 0.717) is 12.3 Å². The van der Waals surface area contributed by atoms with Gasteiger partial charge in [0.1, 0.15) is 5.82 Å². The van der Waals surface area contributed by atoms with Gasteiger partial charge in [0.2, 0.25) is 0 Å². The molecular formula is C25H35F3. The molecule has 2 atom stereocenters. The molecule has 1 aromatic carbocycles. The van der Waals surface area contributed by atoms with Gasteiger partial charge in [-0.1, -0.05) is 50.0 Å². The summed E-state index contributed by atoms with van der Waals surface area (Å²) in [5.74, 6) is -2.08. The average molecular weight is 393 g/mol. The topological polar surface area (TPSA) is 0 Å². The van der Waals surface area contributed by atoms with Crippen LogP contribution in [0, 0.1) is 29.5 Å². The van der Waals surface area contributed by atoms with Crippen LogP contribution in [0.1, 0.15) is 76.7 Å². The van der Waals surface area contributed by atoms with Crippen molar-refractivity contribution in [3.63, 3.8) is 0 Å². The second-order valence-electron chi connectivity index (χ2n) is 9.09. The monoisotopic (exact) mass is 392 g/mol. The van der Waals surface area contributed by atoms with Gasteiger partial charge in [-0.25, -0.2) is 13.2 Å². The first-order valence-corrected chi connectivity index (χ1v) is 11.2. The minimum Gasteiger partial charge on any atom is -0.207 e. The van der Waals surface area contributed by atoms with Crippen LogP contribution in [0.2, 0.25) is 0 Å². The molecule has 2 aliphatic rings. The van der Waals surface area contributed by atoms with Crippen molar-refractivity contribution >= 4 is 0 Å². The Kier molecular flexibility index (Phi) is 7.65. The molecule has 0 saturated heterocycles. The normalized spacial score (nSPS) is 30.6. The average Bonchev–Trinajstić information content (AvgIpc) is 2.67. The predicted molar refractivity (Wildman–Crippen MR) is 110 cm³/mol. The fourth-order valence-electron chi connectivity index (χ4n) is 5.52. The molecule has 0 N–H and O–H groups in total. The Morgan fingerprint density at radius 1 is 0.964 bits per heavy atom. The zero-order valence-electron chi connectivity index (χ0n) is 17.2. The maximum absolute atomic E-state index is 14.7. The van der Waals surface area contributed by atoms with Crippen molar-refractivity contribution in [1.82, 2.24) is 0 Å². The van der Waals surface area contributed by atoms with Crippen molar-refractivity contribution in [3.8, 4) is 0 Å². The molecule has 0 aliphatic heterocycles. The lowest BCUT2D eigenvalue weighted by Gasteiger charge is -2.42. The van der Waals surface area contributed by atoms with Crippen LogP contribution in [0.3, 0.4) is 0 Å². The number of unbranched alkanes of at least 4 members (excludes halogenated alkanes) is 1. The standard InChI is InChI=1S/C25H35F3/c1-2-5-21-12-17-24(25(27,28)18-21)22-13-8-19(9-14-22)6-3-4-7-20-10-15-23(26)16-11-20/h2,5,10-11,15-16,19,21-22,24H,3-4,6-9,12-14,17-18H2,1H3/b5-2+. The summed E-state index contributed by atoms with van der Waals surface area (Å²) < 4.78 is 42.3. The maximum Gasteiger partial charge on any atom is 0.251 e. The molecule has 3 heteroatoms. The van der Waals surface area contributed by atoms with E-state index in [0.717, 1.165) is 44.9 Å². The lowest BCUT2D eigenvalue weighted by Crippen LogP contribution is -2.41. The second kappa shape index (κ2) is 9.98. The third-order valence-electron chi connectivity index (χ3n) is 7.09. The fraction of sp³-hybridized carbons (Fsp3) is 0.680. The molecular weight excluding hydrogens is 357 g/mol. The van der Waals surface area contributed by atoms with Crippen LogP contribution >= 0.6 is 0 Å². The Labute approximate surface area is 168 Å². The van der Waals surface area contributed by atoms with Gasteiger partial charge in [-0.05, 0) is 80.9 Å². The third-order valence-corrected chi connectivity index (χ3v) is 7.09. The number of aryl methyl sites for hydroxylation is 1. The van der Waals surface area contributed by atoms with E-state index >= 15 is 0 Å². The van der Waals surface area contributed by atoms with E-state index in [4.69, 9.17) is 0 Å². The van der Waals surface area contributed by atoms with E-state index in [9.17, 15) is 13.2 Å². The van der Waals surface area contributed by atoms with E-state index < -0.39 is 11.8 Å². The molecule has 2 unspecified atom stereocenters. The number of benzene rings is 1. The molecule has 0 aromatic heterocycles. The number of hydrogen-bond donors (Lipinski definition) is 0. The maximum atomic E-state index is 14.7. The predicted octanol–water partition coefficient (Wildman–Crippen LogP) is 7.97. The zero-order chi connectivity index (χ0) is 20.0. The Hall–Kier alpha value is -1.25. The van der Waals surface area contributed by atoms with Crippen molar-refractivity contribution in [1.29, 1.82) is 0 Å². The Bertz CT molecular complexity index is 611. The SMILES string of the molecule is C/C=C/C1CCC(C2CCC(CCCCc3ccc(F)cc3)CC2)C(F)(F)C1. The van der Waals surface area contributed by atoms with E-state index in [2.05, 4.69) is 0 Å². The van der Waals surface area contributed by atoms with Crippen molar-refractivity contribution in [2.24, 2.45) is 23.7 Å². The number of halogens is 3. The van der Waals surface area contributed by atoms with Crippen molar-refractivity contribution < 1.29 is 13.2 Å². The zero-order valence-corrected chi connectivity index (χ0v) is 17.2. The number of alkyl halides is 2. The number of hydrogen-bond acceptors (Lipinski definition) is 0. The fourth-order valence-corrected chi connectivity index (χ4v) is 5.52. The van der Waals surface area contributed by atoms with E-state index in [1.54, 1.807) is 0 Å². The van der Waals surface area contributed by atoms with Crippen LogP contribution in [-0.4, -0.2) is 5.92 Å². The van der Waals surface area contributed by atoms with Gasteiger partial charge in [-0.3, -0.25) is 0 Å². The van der Waals surface area contributed by atoms with Crippen LogP contribution in [0.15, 0.2) is 36.4 Å². The van der Waals surface area contributed by atoms with Crippen molar-refractivity contribution in [2.45, 2.75) is 83.5 Å². The number of allylic oxidation sites excluding steroid dienone is 2. The molecule has 28 heavy (non-hydrogen) atoms. The molecule has 156 valence electrons. The van der Waals surface area contributed by atoms with Gasteiger partial charge in [-0.2, -0.15) is 0 Å². The lowest BCUT2D eigenvalue weighted by molar-refractivity contribution is -0.122. The molecule has 2 fully saturated rings. The number of rotatable bonds is 7.